The standard InChI is InChI=1S/C8H14N2OS/c1-3-4-8(2,11)6-5-10-7(9)12-6/h5,11H,3-4H2,1-2H3,(H2,9,10). The Hall–Kier alpha value is -0.610. The molecule has 0 aliphatic heterocycles. The van der Waals surface area contributed by atoms with E-state index in [2.05, 4.69) is 4.98 Å². The van der Waals surface area contributed by atoms with Gasteiger partial charge in [0.15, 0.2) is 5.13 Å². The Kier molecular flexibility index (Phi) is 2.69. The Morgan fingerprint density at radius 2 is 2.42 bits per heavy atom. The van der Waals surface area contributed by atoms with Crippen LogP contribution in [0, 0.1) is 0 Å². The van der Waals surface area contributed by atoms with E-state index in [0.717, 1.165) is 17.7 Å². The van der Waals surface area contributed by atoms with E-state index in [9.17, 15) is 5.11 Å². The van der Waals surface area contributed by atoms with Crippen LogP contribution in [0.3, 0.4) is 0 Å². The third-order valence-electron chi connectivity index (χ3n) is 1.79. The molecule has 0 saturated carbocycles. The molecule has 0 bridgehead atoms. The molecule has 3 nitrogen and oxygen atoms in total. The fraction of sp³-hybridized carbons (Fsp3) is 0.625. The molecule has 0 aromatic carbocycles. The molecule has 1 aromatic heterocycles. The summed E-state index contributed by atoms with van der Waals surface area (Å²) < 4.78 is 0. The predicted molar refractivity (Wildman–Crippen MR) is 51.0 cm³/mol. The molecule has 68 valence electrons. The van der Waals surface area contributed by atoms with E-state index in [4.69, 9.17) is 5.73 Å². The van der Waals surface area contributed by atoms with Crippen molar-refractivity contribution in [3.8, 4) is 0 Å². The maximum atomic E-state index is 9.91. The average Bonchev–Trinajstić information content (AvgIpc) is 2.36. The lowest BCUT2D eigenvalue weighted by Gasteiger charge is -2.19. The van der Waals surface area contributed by atoms with Crippen molar-refractivity contribution in [2.45, 2.75) is 32.3 Å². The minimum atomic E-state index is -0.760. The van der Waals surface area contributed by atoms with Gasteiger partial charge in [-0.25, -0.2) is 4.98 Å². The van der Waals surface area contributed by atoms with Gasteiger partial charge in [0.1, 0.15) is 0 Å². The van der Waals surface area contributed by atoms with Crippen molar-refractivity contribution < 1.29 is 5.11 Å². The van der Waals surface area contributed by atoms with Crippen LogP contribution in [0.15, 0.2) is 6.20 Å². The molecular formula is C8H14N2OS. The Bertz CT molecular complexity index is 257. The lowest BCUT2D eigenvalue weighted by molar-refractivity contribution is 0.0505. The van der Waals surface area contributed by atoms with Crippen LogP contribution in [0.4, 0.5) is 5.13 Å². The summed E-state index contributed by atoms with van der Waals surface area (Å²) in [5.41, 5.74) is 4.71. The maximum absolute atomic E-state index is 9.91. The summed E-state index contributed by atoms with van der Waals surface area (Å²) in [4.78, 5) is 4.75. The second kappa shape index (κ2) is 3.41. The highest BCUT2D eigenvalue weighted by atomic mass is 32.1. The molecule has 0 saturated heterocycles. The lowest BCUT2D eigenvalue weighted by Crippen LogP contribution is -2.18. The molecule has 1 rings (SSSR count). The number of nitrogens with zero attached hydrogens (tertiary/aromatic N) is 1. The maximum Gasteiger partial charge on any atom is 0.180 e. The van der Waals surface area contributed by atoms with Crippen LogP contribution in [0.2, 0.25) is 0 Å². The zero-order valence-corrected chi connectivity index (χ0v) is 8.19. The van der Waals surface area contributed by atoms with Crippen LogP contribution < -0.4 is 5.73 Å². The number of thiazole rings is 1. The first-order valence-electron chi connectivity index (χ1n) is 4.00. The van der Waals surface area contributed by atoms with E-state index in [1.54, 1.807) is 13.1 Å². The highest BCUT2D eigenvalue weighted by molar-refractivity contribution is 7.15. The van der Waals surface area contributed by atoms with Gasteiger partial charge in [-0.2, -0.15) is 0 Å². The summed E-state index contributed by atoms with van der Waals surface area (Å²) >= 11 is 1.35. The van der Waals surface area contributed by atoms with E-state index in [0.29, 0.717) is 5.13 Å². The molecule has 1 atom stereocenters. The summed E-state index contributed by atoms with van der Waals surface area (Å²) in [6.45, 7) is 3.84. The minimum Gasteiger partial charge on any atom is -0.385 e. The monoisotopic (exact) mass is 186 g/mol. The lowest BCUT2D eigenvalue weighted by atomic mass is 10.00. The molecule has 0 fully saturated rings. The van der Waals surface area contributed by atoms with Crippen molar-refractivity contribution in [1.82, 2.24) is 4.98 Å². The van der Waals surface area contributed by atoms with Gasteiger partial charge in [-0.3, -0.25) is 0 Å². The third-order valence-corrected chi connectivity index (χ3v) is 2.87. The summed E-state index contributed by atoms with van der Waals surface area (Å²) in [5, 5.41) is 10.4. The van der Waals surface area contributed by atoms with E-state index < -0.39 is 5.60 Å². The Balaban J connectivity index is 2.81. The normalized spacial score (nSPS) is 15.9. The van der Waals surface area contributed by atoms with Crippen LogP contribution in [0.5, 0.6) is 0 Å². The summed E-state index contributed by atoms with van der Waals surface area (Å²) in [5.74, 6) is 0. The van der Waals surface area contributed by atoms with Gasteiger partial charge in [0.2, 0.25) is 0 Å². The van der Waals surface area contributed by atoms with Gasteiger partial charge in [0, 0.05) is 6.20 Å². The van der Waals surface area contributed by atoms with Crippen LogP contribution in [-0.2, 0) is 5.60 Å². The zero-order valence-electron chi connectivity index (χ0n) is 7.37. The first-order chi connectivity index (χ1) is 5.56. The molecule has 3 N–H and O–H groups in total. The molecule has 0 spiro atoms. The highest BCUT2D eigenvalue weighted by Gasteiger charge is 2.24. The fourth-order valence-corrected chi connectivity index (χ4v) is 1.90. The summed E-state index contributed by atoms with van der Waals surface area (Å²) in [7, 11) is 0. The van der Waals surface area contributed by atoms with Crippen molar-refractivity contribution in [3.05, 3.63) is 11.1 Å². The molecule has 0 amide bonds. The fourth-order valence-electron chi connectivity index (χ4n) is 1.15. The summed E-state index contributed by atoms with van der Waals surface area (Å²) in [6, 6.07) is 0. The highest BCUT2D eigenvalue weighted by Crippen LogP contribution is 2.30. The number of nitrogens with two attached hydrogens (primary N) is 1. The van der Waals surface area contributed by atoms with Crippen LogP contribution >= 0.6 is 11.3 Å². The number of aliphatic hydroxyl groups is 1. The largest absolute Gasteiger partial charge is 0.385 e. The Morgan fingerprint density at radius 3 is 2.83 bits per heavy atom. The molecule has 4 heteroatoms. The molecule has 0 radical (unpaired) electrons. The van der Waals surface area contributed by atoms with Gasteiger partial charge < -0.3 is 10.8 Å². The number of hydrogen-bond acceptors (Lipinski definition) is 4. The molecule has 1 unspecified atom stereocenters. The Morgan fingerprint density at radius 1 is 1.75 bits per heavy atom. The van der Waals surface area contributed by atoms with Crippen molar-refractivity contribution >= 4 is 16.5 Å². The van der Waals surface area contributed by atoms with E-state index in [1.165, 1.54) is 11.3 Å². The van der Waals surface area contributed by atoms with Gasteiger partial charge in [-0.15, -0.1) is 0 Å². The van der Waals surface area contributed by atoms with Crippen LogP contribution in [0.1, 0.15) is 31.6 Å². The Labute approximate surface area is 76.3 Å². The van der Waals surface area contributed by atoms with Gasteiger partial charge in [-0.1, -0.05) is 24.7 Å². The smallest absolute Gasteiger partial charge is 0.180 e. The van der Waals surface area contributed by atoms with Crippen LogP contribution in [0.25, 0.3) is 0 Å². The molecule has 1 heterocycles. The van der Waals surface area contributed by atoms with Crippen molar-refractivity contribution in [3.63, 3.8) is 0 Å². The van der Waals surface area contributed by atoms with Crippen molar-refractivity contribution in [2.24, 2.45) is 0 Å². The van der Waals surface area contributed by atoms with Gasteiger partial charge in [0.25, 0.3) is 0 Å². The number of rotatable bonds is 3. The molecule has 1 aromatic rings. The second-order valence-electron chi connectivity index (χ2n) is 3.09. The van der Waals surface area contributed by atoms with E-state index in [-0.39, 0.29) is 0 Å². The van der Waals surface area contributed by atoms with Gasteiger partial charge in [-0.05, 0) is 13.3 Å². The van der Waals surface area contributed by atoms with Gasteiger partial charge >= 0.3 is 0 Å². The van der Waals surface area contributed by atoms with Crippen molar-refractivity contribution in [2.75, 3.05) is 5.73 Å². The number of anilines is 1. The summed E-state index contributed by atoms with van der Waals surface area (Å²) in [6.07, 6.45) is 3.34. The molecular weight excluding hydrogens is 172 g/mol. The molecule has 0 aliphatic carbocycles. The van der Waals surface area contributed by atoms with E-state index >= 15 is 0 Å². The van der Waals surface area contributed by atoms with Gasteiger partial charge in [0.05, 0.1) is 10.5 Å². The van der Waals surface area contributed by atoms with E-state index in [1.807, 2.05) is 6.92 Å². The van der Waals surface area contributed by atoms with Crippen LogP contribution in [-0.4, -0.2) is 10.1 Å². The molecule has 12 heavy (non-hydrogen) atoms. The quantitative estimate of drug-likeness (QED) is 0.755. The topological polar surface area (TPSA) is 59.1 Å². The molecule has 0 aliphatic rings. The predicted octanol–water partition coefficient (Wildman–Crippen LogP) is 1.73. The first kappa shape index (κ1) is 9.48. The SMILES string of the molecule is CCCC(C)(O)c1cnc(N)s1. The number of nitrogen functional groups attached to an aromatic ring is 1. The third kappa shape index (κ3) is 1.95. The van der Waals surface area contributed by atoms with Crippen molar-refractivity contribution in [1.29, 1.82) is 0 Å². The second-order valence-corrected chi connectivity index (χ2v) is 4.15. The number of hydrogen-bond donors (Lipinski definition) is 2. The number of aromatic nitrogens is 1. The zero-order chi connectivity index (χ0) is 9.19. The average molecular weight is 186 g/mol. The first-order valence-corrected chi connectivity index (χ1v) is 4.82. The minimum absolute atomic E-state index is 0.515.